The zero-order chi connectivity index (χ0) is 24.1. The third-order valence-electron chi connectivity index (χ3n) is 4.88. The van der Waals surface area contributed by atoms with E-state index in [0.717, 1.165) is 0 Å². The first-order chi connectivity index (χ1) is 15.6. The van der Waals surface area contributed by atoms with Crippen LogP contribution in [0.15, 0.2) is 54.6 Å². The number of carbonyl (C=O) groups excluding carboxylic acids is 1. The first kappa shape index (κ1) is 24.7. The number of hydrogen-bond acceptors (Lipinski definition) is 8. The summed E-state index contributed by atoms with van der Waals surface area (Å²) in [7, 11) is -4.14. The van der Waals surface area contributed by atoms with Crippen molar-refractivity contribution < 1.29 is 32.8 Å². The molecule has 0 radical (unpaired) electrons. The molecule has 1 aliphatic heterocycles. The molecule has 11 heteroatoms. The lowest BCUT2D eigenvalue weighted by atomic mass is 9.96. The summed E-state index contributed by atoms with van der Waals surface area (Å²) in [5, 5.41) is 13.5. The van der Waals surface area contributed by atoms with E-state index in [1.165, 1.54) is 31.2 Å². The Kier molecular flexibility index (Phi) is 7.73. The molecule has 3 rings (SSSR count). The topological polar surface area (TPSA) is 126 Å². The molecule has 1 aliphatic rings. The van der Waals surface area contributed by atoms with Gasteiger partial charge in [-0.15, -0.1) is 0 Å². The van der Waals surface area contributed by atoms with Gasteiger partial charge in [0.25, 0.3) is 5.69 Å². The summed E-state index contributed by atoms with van der Waals surface area (Å²) < 4.78 is 35.9. The zero-order valence-electron chi connectivity index (χ0n) is 18.6. The van der Waals surface area contributed by atoms with Crippen LogP contribution in [0, 0.1) is 10.1 Å². The van der Waals surface area contributed by atoms with Gasteiger partial charge in [0, 0.05) is 25.0 Å². The first-order valence-corrected chi connectivity index (χ1v) is 12.0. The van der Waals surface area contributed by atoms with Crippen LogP contribution in [0.3, 0.4) is 0 Å². The molecule has 0 amide bonds. The lowest BCUT2D eigenvalue weighted by Gasteiger charge is -2.35. The Balaban J connectivity index is 1.73. The number of para-hydroxylation sites is 1. The molecule has 0 aliphatic carbocycles. The highest BCUT2D eigenvalue weighted by Crippen LogP contribution is 2.45. The zero-order valence-corrected chi connectivity index (χ0v) is 19.5. The van der Waals surface area contributed by atoms with Crippen molar-refractivity contribution in [3.63, 3.8) is 0 Å². The van der Waals surface area contributed by atoms with Crippen LogP contribution in [0.5, 0.6) is 11.5 Å². The Hall–Kier alpha value is -2.94. The number of carbonyl (C=O) groups is 1. The summed E-state index contributed by atoms with van der Waals surface area (Å²) in [6.45, 7) is 5.82. The van der Waals surface area contributed by atoms with Gasteiger partial charge in [-0.2, -0.15) is 5.09 Å². The maximum Gasteiger partial charge on any atom is 0.513 e. The van der Waals surface area contributed by atoms with Gasteiger partial charge in [-0.25, -0.2) is 4.57 Å². The average molecular weight is 478 g/mol. The molecule has 1 N–H and O–H groups in total. The van der Waals surface area contributed by atoms with Crippen LogP contribution in [0.25, 0.3) is 0 Å². The third-order valence-corrected chi connectivity index (χ3v) is 6.49. The van der Waals surface area contributed by atoms with Crippen molar-refractivity contribution in [2.45, 2.75) is 51.4 Å². The Morgan fingerprint density at radius 3 is 2.33 bits per heavy atom. The Labute approximate surface area is 191 Å². The number of ether oxygens (including phenoxy) is 2. The fourth-order valence-corrected chi connectivity index (χ4v) is 4.81. The van der Waals surface area contributed by atoms with Crippen molar-refractivity contribution in [1.29, 1.82) is 0 Å². The van der Waals surface area contributed by atoms with Crippen LogP contribution in [-0.2, 0) is 18.8 Å². The van der Waals surface area contributed by atoms with Crippen molar-refractivity contribution in [3.8, 4) is 11.5 Å². The lowest BCUT2D eigenvalue weighted by Crippen LogP contribution is -2.42. The van der Waals surface area contributed by atoms with Gasteiger partial charge in [-0.1, -0.05) is 18.2 Å². The predicted octanol–water partition coefficient (Wildman–Crippen LogP) is 4.64. The van der Waals surface area contributed by atoms with Crippen molar-refractivity contribution in [2.24, 2.45) is 0 Å². The van der Waals surface area contributed by atoms with E-state index >= 15 is 0 Å². The van der Waals surface area contributed by atoms with E-state index in [-0.39, 0.29) is 23.3 Å². The molecule has 2 unspecified atom stereocenters. The number of rotatable bonds is 9. The normalized spacial score (nSPS) is 20.2. The van der Waals surface area contributed by atoms with E-state index < -0.39 is 30.3 Å². The number of nitrogens with zero attached hydrogens (tertiary/aromatic N) is 1. The van der Waals surface area contributed by atoms with E-state index in [1.807, 2.05) is 13.8 Å². The van der Waals surface area contributed by atoms with Crippen LogP contribution >= 0.6 is 7.75 Å². The van der Waals surface area contributed by atoms with Crippen molar-refractivity contribution in [3.05, 3.63) is 64.7 Å². The third kappa shape index (κ3) is 7.28. The number of benzene rings is 2. The largest absolute Gasteiger partial charge is 0.513 e. The maximum absolute atomic E-state index is 13.6. The second kappa shape index (κ2) is 10.3. The smallest absolute Gasteiger partial charge is 0.461 e. The summed E-state index contributed by atoms with van der Waals surface area (Å²) >= 11 is 0. The van der Waals surface area contributed by atoms with Gasteiger partial charge in [0.1, 0.15) is 23.6 Å². The van der Waals surface area contributed by atoms with E-state index in [0.29, 0.717) is 19.4 Å². The molecular weight excluding hydrogens is 451 g/mol. The number of non-ortho nitro benzene ring substituents is 1. The molecule has 0 saturated carbocycles. The number of nitro groups is 1. The van der Waals surface area contributed by atoms with Crippen LogP contribution in [0.1, 0.15) is 33.6 Å². The fraction of sp³-hybridized carbons (Fsp3) is 0.409. The molecule has 33 heavy (non-hydrogen) atoms. The van der Waals surface area contributed by atoms with Gasteiger partial charge < -0.3 is 18.5 Å². The highest BCUT2D eigenvalue weighted by Gasteiger charge is 2.36. The van der Waals surface area contributed by atoms with Crippen LogP contribution < -0.4 is 14.1 Å². The lowest BCUT2D eigenvalue weighted by molar-refractivity contribution is -0.384. The van der Waals surface area contributed by atoms with Gasteiger partial charge in [-0.05, 0) is 45.0 Å². The molecule has 178 valence electrons. The van der Waals surface area contributed by atoms with Crippen molar-refractivity contribution in [2.75, 3.05) is 6.61 Å². The minimum absolute atomic E-state index is 0.0686. The minimum atomic E-state index is -4.14. The number of esters is 1. The Morgan fingerprint density at radius 2 is 1.76 bits per heavy atom. The molecule has 2 aromatic rings. The van der Waals surface area contributed by atoms with Crippen molar-refractivity contribution >= 4 is 19.4 Å². The molecule has 2 aromatic carbocycles. The van der Waals surface area contributed by atoms with Gasteiger partial charge in [0.15, 0.2) is 0 Å². The molecule has 1 fully saturated rings. The number of nitrogens with one attached hydrogen (secondary N) is 1. The monoisotopic (exact) mass is 478 g/mol. The maximum atomic E-state index is 13.6. The Morgan fingerprint density at radius 1 is 1.15 bits per heavy atom. The Bertz CT molecular complexity index is 1010. The molecule has 10 nitrogen and oxygen atoms in total. The molecule has 0 bridgehead atoms. The van der Waals surface area contributed by atoms with E-state index in [1.54, 1.807) is 30.3 Å². The van der Waals surface area contributed by atoms with Gasteiger partial charge in [-0.3, -0.25) is 14.9 Å². The van der Waals surface area contributed by atoms with Crippen LogP contribution in [0.2, 0.25) is 0 Å². The molecule has 3 atom stereocenters. The average Bonchev–Trinajstić information content (AvgIpc) is 2.73. The molecule has 1 saturated heterocycles. The first-order valence-electron chi connectivity index (χ1n) is 10.5. The van der Waals surface area contributed by atoms with E-state index in [2.05, 4.69) is 5.09 Å². The molecular formula is C22H27N2O8P. The van der Waals surface area contributed by atoms with Crippen LogP contribution in [-0.4, -0.2) is 35.2 Å². The SMILES string of the molecule is C[C@H](NP(=O)(Oc1ccccc1)Oc1ccc([N+](=O)[O-])cc1)C(=O)OC1CCOC(C)(C)C1. The molecule has 0 aromatic heterocycles. The van der Waals surface area contributed by atoms with Gasteiger partial charge in [0.2, 0.25) is 0 Å². The summed E-state index contributed by atoms with van der Waals surface area (Å²) in [5.41, 5.74) is -0.546. The van der Waals surface area contributed by atoms with Gasteiger partial charge >= 0.3 is 13.7 Å². The standard InChI is InChI=1S/C22H27N2O8P/c1-16(21(25)30-20-13-14-29-22(2,3)15-20)23-33(28,31-18-7-5-4-6-8-18)32-19-11-9-17(10-12-19)24(26)27/h4-12,16,20H,13-15H2,1-3H3,(H,23,28)/t16-,20?,33?/m0/s1. The fourth-order valence-electron chi connectivity index (χ4n) is 3.29. The minimum Gasteiger partial charge on any atom is -0.461 e. The number of hydrogen-bond donors (Lipinski definition) is 1. The second-order valence-corrected chi connectivity index (χ2v) is 9.87. The summed E-state index contributed by atoms with van der Waals surface area (Å²) in [5.74, 6) is -0.289. The second-order valence-electron chi connectivity index (χ2n) is 8.25. The molecule has 1 heterocycles. The number of nitro benzene ring substituents is 1. The summed E-state index contributed by atoms with van der Waals surface area (Å²) in [6.07, 6.45) is 0.790. The quantitative estimate of drug-likeness (QED) is 0.237. The van der Waals surface area contributed by atoms with Gasteiger partial charge in [0.05, 0.1) is 17.1 Å². The van der Waals surface area contributed by atoms with E-state index in [4.69, 9.17) is 18.5 Å². The van der Waals surface area contributed by atoms with E-state index in [9.17, 15) is 19.5 Å². The van der Waals surface area contributed by atoms with Crippen LogP contribution in [0.4, 0.5) is 5.69 Å². The highest BCUT2D eigenvalue weighted by molar-refractivity contribution is 7.52. The summed E-state index contributed by atoms with van der Waals surface area (Å²) in [6, 6.07) is 12.3. The highest BCUT2D eigenvalue weighted by atomic mass is 31.2. The van der Waals surface area contributed by atoms with Crippen molar-refractivity contribution in [1.82, 2.24) is 5.09 Å². The predicted molar refractivity (Wildman–Crippen MR) is 120 cm³/mol. The summed E-state index contributed by atoms with van der Waals surface area (Å²) in [4.78, 5) is 23.0. The molecule has 0 spiro atoms.